The fourth-order valence-electron chi connectivity index (χ4n) is 4.86. The Hall–Kier alpha value is -1.89. The van der Waals surface area contributed by atoms with Crippen molar-refractivity contribution in [1.82, 2.24) is 0 Å². The van der Waals surface area contributed by atoms with Crippen molar-refractivity contribution >= 4 is 0 Å². The second kappa shape index (κ2) is 6.78. The Morgan fingerprint density at radius 2 is 1.88 bits per heavy atom. The molecule has 2 heterocycles. The van der Waals surface area contributed by atoms with Crippen molar-refractivity contribution in [3.05, 3.63) is 66.4 Å². The van der Waals surface area contributed by atoms with Crippen molar-refractivity contribution in [1.29, 1.82) is 0 Å². The van der Waals surface area contributed by atoms with Gasteiger partial charge in [0, 0.05) is 18.6 Å². The minimum absolute atomic E-state index is 0.0428. The molecule has 0 bridgehead atoms. The van der Waals surface area contributed by atoms with Crippen LogP contribution in [0, 0.1) is 0 Å². The average molecular weight is 335 g/mol. The lowest BCUT2D eigenvalue weighted by molar-refractivity contribution is -0.756. The fourth-order valence-corrected chi connectivity index (χ4v) is 4.86. The topological polar surface area (TPSA) is 3.88 Å². The molecule has 2 aromatic rings. The maximum atomic E-state index is 4.28. The average Bonchev–Trinajstić information content (AvgIpc) is 2.67. The van der Waals surface area contributed by atoms with E-state index >= 15 is 0 Å². The van der Waals surface area contributed by atoms with Crippen LogP contribution in [-0.2, 0) is 17.4 Å². The lowest BCUT2D eigenvalue weighted by Crippen LogP contribution is -2.68. The van der Waals surface area contributed by atoms with Gasteiger partial charge in [-0.2, -0.15) is 4.57 Å². The molecule has 0 saturated heterocycles. The van der Waals surface area contributed by atoms with E-state index in [9.17, 15) is 0 Å². The molecule has 0 amide bonds. The van der Waals surface area contributed by atoms with Crippen LogP contribution in [0.1, 0.15) is 64.5 Å². The standard InChI is InChI=1S/C24H32N/c1-6-10-13-19-15-16-21-20(18-19)22-14-11-12-17-25(22)24(8-3,9-4)23(21,5)7-2/h8,11-12,14-18H,3,6-7,9-10,13H2,1-2,4-5H3/q+1. The van der Waals surface area contributed by atoms with Crippen LogP contribution in [-0.4, -0.2) is 0 Å². The summed E-state index contributed by atoms with van der Waals surface area (Å²) in [7, 11) is 0. The largest absolute Gasteiger partial charge is 0.213 e. The predicted octanol–water partition coefficient (Wildman–Crippen LogP) is 5.96. The third-order valence-corrected chi connectivity index (χ3v) is 6.60. The van der Waals surface area contributed by atoms with Crippen LogP contribution in [0.3, 0.4) is 0 Å². The number of pyridine rings is 1. The second-order valence-corrected chi connectivity index (χ2v) is 7.61. The number of allylic oxidation sites excluding steroid dienone is 1. The van der Waals surface area contributed by atoms with Crippen molar-refractivity contribution in [3.8, 4) is 11.3 Å². The van der Waals surface area contributed by atoms with Crippen molar-refractivity contribution in [3.63, 3.8) is 0 Å². The van der Waals surface area contributed by atoms with E-state index in [1.165, 1.54) is 41.6 Å². The highest BCUT2D eigenvalue weighted by molar-refractivity contribution is 5.66. The highest BCUT2D eigenvalue weighted by Crippen LogP contribution is 2.50. The normalized spacial score (nSPS) is 24.5. The first-order valence-electron chi connectivity index (χ1n) is 9.86. The lowest BCUT2D eigenvalue weighted by atomic mass is 9.60. The minimum Gasteiger partial charge on any atom is -0.188 e. The van der Waals surface area contributed by atoms with Gasteiger partial charge < -0.3 is 0 Å². The van der Waals surface area contributed by atoms with E-state index in [-0.39, 0.29) is 11.0 Å². The summed E-state index contributed by atoms with van der Waals surface area (Å²) >= 11 is 0. The van der Waals surface area contributed by atoms with Crippen LogP contribution in [0.15, 0.2) is 55.3 Å². The Balaban J connectivity index is 2.30. The molecule has 1 nitrogen and oxygen atoms in total. The van der Waals surface area contributed by atoms with Crippen LogP contribution in [0.25, 0.3) is 11.3 Å². The third kappa shape index (κ3) is 2.47. The van der Waals surface area contributed by atoms with Crippen LogP contribution >= 0.6 is 0 Å². The maximum absolute atomic E-state index is 4.28. The molecule has 25 heavy (non-hydrogen) atoms. The highest BCUT2D eigenvalue weighted by Gasteiger charge is 2.57. The number of nitrogens with zero attached hydrogens (tertiary/aromatic N) is 1. The molecular weight excluding hydrogens is 302 g/mol. The van der Waals surface area contributed by atoms with Gasteiger partial charge in [-0.25, -0.2) is 0 Å². The summed E-state index contributed by atoms with van der Waals surface area (Å²) in [5.41, 5.74) is 5.62. The van der Waals surface area contributed by atoms with Crippen LogP contribution in [0.4, 0.5) is 0 Å². The summed E-state index contributed by atoms with van der Waals surface area (Å²) in [5.74, 6) is 0. The molecule has 1 aliphatic heterocycles. The van der Waals surface area contributed by atoms with Gasteiger partial charge in [-0.15, -0.1) is 0 Å². The first kappa shape index (κ1) is 17.9. The van der Waals surface area contributed by atoms with E-state index in [1.54, 1.807) is 0 Å². The first-order valence-corrected chi connectivity index (χ1v) is 9.86. The van der Waals surface area contributed by atoms with Crippen molar-refractivity contribution in [2.45, 2.75) is 70.8 Å². The molecule has 3 rings (SSSR count). The smallest absolute Gasteiger partial charge is 0.188 e. The Morgan fingerprint density at radius 1 is 1.08 bits per heavy atom. The van der Waals surface area contributed by atoms with Gasteiger partial charge in [0.15, 0.2) is 11.7 Å². The highest BCUT2D eigenvalue weighted by atomic mass is 15.1. The lowest BCUT2D eigenvalue weighted by Gasteiger charge is -2.46. The number of rotatable bonds is 6. The zero-order chi connectivity index (χ0) is 18.1. The van der Waals surface area contributed by atoms with Crippen molar-refractivity contribution in [2.24, 2.45) is 0 Å². The summed E-state index contributed by atoms with van der Waals surface area (Å²) in [6, 6.07) is 13.8. The van der Waals surface area contributed by atoms with Gasteiger partial charge in [0.05, 0.1) is 11.0 Å². The number of hydrogen-bond donors (Lipinski definition) is 0. The summed E-state index contributed by atoms with van der Waals surface area (Å²) in [4.78, 5) is 0. The number of aryl methyl sites for hydroxylation is 1. The Morgan fingerprint density at radius 3 is 2.52 bits per heavy atom. The van der Waals surface area contributed by atoms with E-state index in [0.29, 0.717) is 0 Å². The number of aromatic nitrogens is 1. The summed E-state index contributed by atoms with van der Waals surface area (Å²) < 4.78 is 2.48. The third-order valence-electron chi connectivity index (χ3n) is 6.60. The number of unbranched alkanes of at least 4 members (excludes halogenated alkanes) is 1. The maximum Gasteiger partial charge on any atom is 0.213 e. The van der Waals surface area contributed by atoms with E-state index in [4.69, 9.17) is 0 Å². The summed E-state index contributed by atoms with van der Waals surface area (Å²) in [5, 5.41) is 0. The van der Waals surface area contributed by atoms with Gasteiger partial charge in [-0.05, 0) is 55.5 Å². The van der Waals surface area contributed by atoms with Gasteiger partial charge in [0.2, 0.25) is 5.69 Å². The molecule has 1 heteroatoms. The van der Waals surface area contributed by atoms with Gasteiger partial charge in [0.25, 0.3) is 0 Å². The molecule has 0 aliphatic carbocycles. The van der Waals surface area contributed by atoms with Gasteiger partial charge in [-0.1, -0.05) is 45.9 Å². The molecular formula is C24H32N+. The van der Waals surface area contributed by atoms with Crippen LogP contribution in [0.2, 0.25) is 0 Å². The molecule has 2 atom stereocenters. The monoisotopic (exact) mass is 334 g/mol. The predicted molar refractivity (Wildman–Crippen MR) is 107 cm³/mol. The Bertz CT molecular complexity index is 775. The summed E-state index contributed by atoms with van der Waals surface area (Å²) in [6.07, 6.45) is 10.2. The number of hydrogen-bond acceptors (Lipinski definition) is 0. The molecule has 0 N–H and O–H groups in total. The zero-order valence-corrected chi connectivity index (χ0v) is 16.3. The summed E-state index contributed by atoms with van der Waals surface area (Å²) in [6.45, 7) is 13.6. The molecule has 1 aromatic heterocycles. The van der Waals surface area contributed by atoms with E-state index < -0.39 is 0 Å². The van der Waals surface area contributed by atoms with E-state index in [0.717, 1.165) is 12.8 Å². The molecule has 2 unspecified atom stereocenters. The Kier molecular flexibility index (Phi) is 4.86. The first-order chi connectivity index (χ1) is 12.1. The molecule has 1 aromatic carbocycles. The van der Waals surface area contributed by atoms with E-state index in [2.05, 4.69) is 87.5 Å². The molecule has 0 spiro atoms. The second-order valence-electron chi connectivity index (χ2n) is 7.61. The quantitative estimate of drug-likeness (QED) is 0.453. The Labute approximate surface area is 153 Å². The van der Waals surface area contributed by atoms with E-state index in [1.807, 2.05) is 0 Å². The zero-order valence-electron chi connectivity index (χ0n) is 16.3. The molecule has 0 fully saturated rings. The van der Waals surface area contributed by atoms with Gasteiger partial charge in [0.1, 0.15) is 0 Å². The number of fused-ring (bicyclic) bond motifs is 3. The molecule has 132 valence electrons. The molecule has 0 saturated carbocycles. The minimum atomic E-state index is -0.0870. The van der Waals surface area contributed by atoms with Crippen molar-refractivity contribution in [2.75, 3.05) is 0 Å². The molecule has 0 radical (unpaired) electrons. The number of benzene rings is 1. The van der Waals surface area contributed by atoms with Crippen molar-refractivity contribution < 1.29 is 4.57 Å². The molecule has 1 aliphatic rings. The van der Waals surface area contributed by atoms with Gasteiger partial charge in [-0.3, -0.25) is 0 Å². The SMILES string of the molecule is C=CC1(CC)[n+]2ccccc2-c2cc(CCCC)ccc2C1(C)CC. The van der Waals surface area contributed by atoms with Gasteiger partial charge >= 0.3 is 0 Å². The fraction of sp³-hybridized carbons (Fsp3) is 0.458. The van der Waals surface area contributed by atoms with Crippen LogP contribution in [0.5, 0.6) is 0 Å². The van der Waals surface area contributed by atoms with Crippen LogP contribution < -0.4 is 4.57 Å².